The van der Waals surface area contributed by atoms with E-state index in [1.54, 1.807) is 18.5 Å². The van der Waals surface area contributed by atoms with Crippen LogP contribution in [-0.2, 0) is 6.54 Å². The zero-order chi connectivity index (χ0) is 20.2. The number of aromatic amines is 1. The van der Waals surface area contributed by atoms with Crippen LogP contribution in [0.5, 0.6) is 5.75 Å². The highest BCUT2D eigenvalue weighted by atomic mass is 19.3. The molecule has 1 fully saturated rings. The number of allylic oxidation sites excluding steroid dienone is 1. The molecule has 1 saturated heterocycles. The minimum atomic E-state index is -2.81. The van der Waals surface area contributed by atoms with Gasteiger partial charge in [-0.15, -0.1) is 0 Å². The van der Waals surface area contributed by atoms with E-state index in [9.17, 15) is 8.78 Å². The number of nitrogens with zero attached hydrogens (tertiary/aromatic N) is 3. The lowest BCUT2D eigenvalue weighted by Crippen LogP contribution is -2.34. The third-order valence-electron chi connectivity index (χ3n) is 5.30. The Morgan fingerprint density at radius 3 is 2.69 bits per heavy atom. The molecule has 0 atom stereocenters. The fourth-order valence-electron chi connectivity index (χ4n) is 3.87. The Morgan fingerprint density at radius 1 is 1.24 bits per heavy atom. The van der Waals surface area contributed by atoms with Gasteiger partial charge in [-0.25, -0.2) is 10.5 Å². The average molecular weight is 400 g/mol. The third-order valence-corrected chi connectivity index (χ3v) is 5.30. The van der Waals surface area contributed by atoms with Crippen molar-refractivity contribution in [2.24, 2.45) is 16.0 Å². The zero-order valence-electron chi connectivity index (χ0n) is 15.7. The van der Waals surface area contributed by atoms with Gasteiger partial charge in [0.1, 0.15) is 11.6 Å². The van der Waals surface area contributed by atoms with Crippen LogP contribution in [0, 0.1) is 11.4 Å². The normalized spacial score (nSPS) is 19.0. The molecule has 0 unspecified atom stereocenters. The molecule has 3 heterocycles. The van der Waals surface area contributed by atoms with Crippen LogP contribution in [0.25, 0.3) is 5.70 Å². The lowest BCUT2D eigenvalue weighted by molar-refractivity contribution is -0.0498. The summed E-state index contributed by atoms with van der Waals surface area (Å²) in [7, 11) is 0. The molecule has 2 aliphatic heterocycles. The number of aromatic nitrogens is 1. The number of hydrogen-bond donors (Lipinski definition) is 3. The molecule has 2 aromatic rings. The Hall–Kier alpha value is -3.07. The molecule has 9 heteroatoms. The number of hydrogen-bond acceptors (Lipinski definition) is 6. The Labute approximate surface area is 167 Å². The van der Waals surface area contributed by atoms with Crippen molar-refractivity contribution in [2.45, 2.75) is 26.0 Å². The monoisotopic (exact) mass is 400 g/mol. The summed E-state index contributed by atoms with van der Waals surface area (Å²) in [6.07, 6.45) is 5.24. The highest BCUT2D eigenvalue weighted by molar-refractivity contribution is 5.87. The van der Waals surface area contributed by atoms with Gasteiger partial charge in [0.05, 0.1) is 17.7 Å². The van der Waals surface area contributed by atoms with Crippen LogP contribution in [0.15, 0.2) is 52.3 Å². The van der Waals surface area contributed by atoms with Gasteiger partial charge >= 0.3 is 6.61 Å². The van der Waals surface area contributed by atoms with Crippen molar-refractivity contribution >= 4 is 17.9 Å². The lowest BCUT2D eigenvalue weighted by Gasteiger charge is -2.32. The Balaban J connectivity index is 1.38. The van der Waals surface area contributed by atoms with Crippen LogP contribution in [0.3, 0.4) is 0 Å². The summed E-state index contributed by atoms with van der Waals surface area (Å²) >= 11 is 0. The van der Waals surface area contributed by atoms with Crippen molar-refractivity contribution in [3.8, 4) is 5.75 Å². The first-order valence-corrected chi connectivity index (χ1v) is 9.48. The van der Waals surface area contributed by atoms with Crippen LogP contribution in [-0.4, -0.2) is 35.9 Å². The Morgan fingerprint density at radius 2 is 2.00 bits per heavy atom. The first-order valence-electron chi connectivity index (χ1n) is 9.48. The second kappa shape index (κ2) is 8.52. The molecule has 0 saturated carbocycles. The molecule has 0 aliphatic carbocycles. The summed E-state index contributed by atoms with van der Waals surface area (Å²) in [5, 5.41) is 7.01. The Kier molecular flexibility index (Phi) is 5.66. The predicted octanol–water partition coefficient (Wildman–Crippen LogP) is 4.49. The van der Waals surface area contributed by atoms with Gasteiger partial charge in [-0.2, -0.15) is 13.9 Å². The molecule has 0 spiro atoms. The predicted molar refractivity (Wildman–Crippen MR) is 105 cm³/mol. The van der Waals surface area contributed by atoms with Crippen LogP contribution >= 0.6 is 0 Å². The van der Waals surface area contributed by atoms with Crippen molar-refractivity contribution in [3.63, 3.8) is 0 Å². The number of aliphatic imine (C=N–C) groups is 1. The van der Waals surface area contributed by atoms with E-state index in [-0.39, 0.29) is 11.7 Å². The SMILES string of the molecule is N=N/C(=C1\NC=Nc2[nH]ccc21)C1CCN(Cc2ccc(OC(F)F)cc2)CC1. The quantitative estimate of drug-likeness (QED) is 0.624. The number of fused-ring (bicyclic) bond motifs is 1. The maximum absolute atomic E-state index is 12.3. The fraction of sp³-hybridized carbons (Fsp3) is 0.350. The largest absolute Gasteiger partial charge is 0.435 e. The molecule has 0 amide bonds. The summed E-state index contributed by atoms with van der Waals surface area (Å²) in [5.74, 6) is 1.14. The maximum Gasteiger partial charge on any atom is 0.387 e. The number of ether oxygens (including phenoxy) is 1. The Bertz CT molecular complexity index is 913. The van der Waals surface area contributed by atoms with E-state index in [1.807, 2.05) is 24.4 Å². The van der Waals surface area contributed by atoms with Crippen molar-refractivity contribution in [1.29, 1.82) is 5.53 Å². The van der Waals surface area contributed by atoms with E-state index in [0.717, 1.165) is 60.8 Å². The van der Waals surface area contributed by atoms with Crippen LogP contribution in [0.2, 0.25) is 0 Å². The van der Waals surface area contributed by atoms with Gasteiger partial charge in [0.15, 0.2) is 0 Å². The molecular formula is C20H22F2N6O. The van der Waals surface area contributed by atoms with Gasteiger partial charge in [0.2, 0.25) is 0 Å². The molecule has 1 aromatic carbocycles. The highest BCUT2D eigenvalue weighted by Crippen LogP contribution is 2.35. The smallest absolute Gasteiger partial charge is 0.387 e. The zero-order valence-corrected chi connectivity index (χ0v) is 15.7. The van der Waals surface area contributed by atoms with Crippen LogP contribution < -0.4 is 10.1 Å². The van der Waals surface area contributed by atoms with Crippen molar-refractivity contribution < 1.29 is 13.5 Å². The van der Waals surface area contributed by atoms with Crippen LogP contribution in [0.4, 0.5) is 14.6 Å². The van der Waals surface area contributed by atoms with E-state index < -0.39 is 6.61 Å². The van der Waals surface area contributed by atoms with Gasteiger partial charge in [0.25, 0.3) is 0 Å². The average Bonchev–Trinajstić information content (AvgIpc) is 3.20. The van der Waals surface area contributed by atoms with Crippen molar-refractivity contribution in [2.75, 3.05) is 13.1 Å². The highest BCUT2D eigenvalue weighted by Gasteiger charge is 2.27. The molecule has 2 aliphatic rings. The van der Waals surface area contributed by atoms with Gasteiger partial charge < -0.3 is 15.0 Å². The number of H-pyrrole nitrogens is 1. The van der Waals surface area contributed by atoms with Gasteiger partial charge in [-0.3, -0.25) is 4.90 Å². The lowest BCUT2D eigenvalue weighted by atomic mass is 9.91. The minimum Gasteiger partial charge on any atom is -0.435 e. The molecule has 4 rings (SSSR count). The number of rotatable bonds is 6. The summed E-state index contributed by atoms with van der Waals surface area (Å²) in [6.45, 7) is -0.308. The number of benzene rings is 1. The second-order valence-electron chi connectivity index (χ2n) is 7.09. The molecule has 7 nitrogen and oxygen atoms in total. The molecule has 0 radical (unpaired) electrons. The van der Waals surface area contributed by atoms with Crippen LogP contribution in [0.1, 0.15) is 24.0 Å². The minimum absolute atomic E-state index is 0.170. The standard InChI is InChI=1S/C20H22F2N6O/c21-20(22)29-15-3-1-13(2-4-15)11-28-9-6-14(7-10-28)17(27-23)18-16-5-8-24-19(16)26-12-25-18/h1-5,8,12,14,20,23-24H,6-7,9-11H2,(H,25,26)/b18-17-,27-23?. The summed E-state index contributed by atoms with van der Waals surface area (Å²) in [6, 6.07) is 8.71. The third kappa shape index (κ3) is 4.34. The maximum atomic E-state index is 12.3. The van der Waals surface area contributed by atoms with E-state index >= 15 is 0 Å². The van der Waals surface area contributed by atoms with Gasteiger partial charge in [0, 0.05) is 24.2 Å². The molecule has 3 N–H and O–H groups in total. The van der Waals surface area contributed by atoms with E-state index in [0.29, 0.717) is 0 Å². The molecule has 1 aromatic heterocycles. The number of alkyl halides is 2. The fourth-order valence-corrected chi connectivity index (χ4v) is 3.87. The number of halogens is 2. The number of likely N-dealkylation sites (tertiary alicyclic amines) is 1. The molecular weight excluding hydrogens is 378 g/mol. The second-order valence-corrected chi connectivity index (χ2v) is 7.09. The van der Waals surface area contributed by atoms with E-state index in [4.69, 9.17) is 5.53 Å². The van der Waals surface area contributed by atoms with Crippen molar-refractivity contribution in [3.05, 3.63) is 53.4 Å². The molecule has 0 bridgehead atoms. The number of piperidine rings is 1. The summed E-state index contributed by atoms with van der Waals surface area (Å²) in [5.41, 5.74) is 11.3. The summed E-state index contributed by atoms with van der Waals surface area (Å²) < 4.78 is 28.9. The summed E-state index contributed by atoms with van der Waals surface area (Å²) in [4.78, 5) is 9.67. The number of nitrogens with one attached hydrogen (secondary N) is 3. The first kappa shape index (κ1) is 19.3. The van der Waals surface area contributed by atoms with Crippen molar-refractivity contribution in [1.82, 2.24) is 15.2 Å². The van der Waals surface area contributed by atoms with E-state index in [2.05, 4.69) is 30.0 Å². The van der Waals surface area contributed by atoms with E-state index in [1.165, 1.54) is 0 Å². The topological polar surface area (TPSA) is 88.9 Å². The molecule has 152 valence electrons. The molecule has 29 heavy (non-hydrogen) atoms. The van der Waals surface area contributed by atoms with Gasteiger partial charge in [-0.1, -0.05) is 12.1 Å². The van der Waals surface area contributed by atoms with Gasteiger partial charge in [-0.05, 0) is 49.7 Å². The first-order chi connectivity index (χ1) is 14.1.